The van der Waals surface area contributed by atoms with Gasteiger partial charge in [-0.2, -0.15) is 0 Å². The number of fused-ring (bicyclic) bond motifs is 1. The van der Waals surface area contributed by atoms with Gasteiger partial charge in [0, 0.05) is 17.7 Å². The number of phenols is 4. The fourth-order valence-corrected chi connectivity index (χ4v) is 6.22. The number of phenolic OH excluding ortho intramolecular Hbond substituents is 4. The first kappa shape index (κ1) is 39.6. The molecule has 54 heavy (non-hydrogen) atoms. The summed E-state index contributed by atoms with van der Waals surface area (Å²) in [5.41, 5.74) is -1.94. The highest BCUT2D eigenvalue weighted by atomic mass is 16.7. The molecule has 0 spiro atoms. The predicted molar refractivity (Wildman–Crippen MR) is 173 cm³/mol. The first-order valence-corrected chi connectivity index (χ1v) is 16.5. The Morgan fingerprint density at radius 1 is 0.611 bits per heavy atom. The van der Waals surface area contributed by atoms with Crippen molar-refractivity contribution in [2.24, 2.45) is 0 Å². The van der Waals surface area contributed by atoms with Crippen LogP contribution < -0.4 is 14.9 Å². The van der Waals surface area contributed by atoms with Crippen LogP contribution in [0.2, 0.25) is 0 Å². The molecular weight excluding hydrogens is 732 g/mol. The number of benzene rings is 2. The lowest BCUT2D eigenvalue weighted by atomic mass is 9.98. The van der Waals surface area contributed by atoms with Gasteiger partial charge in [0.05, 0.1) is 18.8 Å². The number of ether oxygens (including phenoxy) is 6. The minimum atomic E-state index is -2.10. The van der Waals surface area contributed by atoms with Gasteiger partial charge >= 0.3 is 0 Å². The van der Waals surface area contributed by atoms with E-state index < -0.39 is 155 Å². The zero-order valence-corrected chi connectivity index (χ0v) is 28.3. The number of aliphatic hydroxyl groups excluding tert-OH is 9. The maximum absolute atomic E-state index is 14.0. The molecule has 13 N–H and O–H groups in total. The van der Waals surface area contributed by atoms with Crippen molar-refractivity contribution in [3.05, 3.63) is 34.5 Å². The molecule has 3 aromatic rings. The maximum atomic E-state index is 14.0. The van der Waals surface area contributed by atoms with Crippen LogP contribution in [0.15, 0.2) is 33.5 Å². The highest BCUT2D eigenvalue weighted by Gasteiger charge is 2.48. The first-order valence-electron chi connectivity index (χ1n) is 16.5. The van der Waals surface area contributed by atoms with Crippen molar-refractivity contribution in [3.8, 4) is 45.8 Å². The fraction of sp³-hybridized carbons (Fsp3) is 0.545. The highest BCUT2D eigenvalue weighted by Crippen LogP contribution is 2.44. The zero-order chi connectivity index (χ0) is 39.5. The summed E-state index contributed by atoms with van der Waals surface area (Å²) in [6.45, 7) is 2.07. The van der Waals surface area contributed by atoms with Crippen molar-refractivity contribution in [1.82, 2.24) is 0 Å². The van der Waals surface area contributed by atoms with Gasteiger partial charge in [-0.05, 0) is 26.0 Å². The van der Waals surface area contributed by atoms with Gasteiger partial charge in [0.25, 0.3) is 0 Å². The number of hydrogen-bond acceptors (Lipinski definition) is 21. The van der Waals surface area contributed by atoms with Crippen LogP contribution in [0.5, 0.6) is 34.5 Å². The molecule has 298 valence electrons. The molecule has 3 fully saturated rings. The van der Waals surface area contributed by atoms with Gasteiger partial charge in [-0.25, -0.2) is 0 Å². The van der Waals surface area contributed by atoms with E-state index in [-0.39, 0.29) is 5.56 Å². The van der Waals surface area contributed by atoms with Gasteiger partial charge in [0.1, 0.15) is 83.5 Å². The van der Waals surface area contributed by atoms with Gasteiger partial charge in [0.15, 0.2) is 23.5 Å². The SMILES string of the molecule is CC1OC(OCC2OC(Oc3c(-c4cc(O)c(O)c(OC5OC(C)C(O)C(O)C5O)c4)oc4cc(O)cc(O)c4c3=O)C(O)C(O)C2O)C(O)C(O)C1O. The Morgan fingerprint density at radius 2 is 1.17 bits per heavy atom. The van der Waals surface area contributed by atoms with Crippen molar-refractivity contribution in [2.45, 2.75) is 106 Å². The van der Waals surface area contributed by atoms with E-state index in [0.29, 0.717) is 0 Å². The van der Waals surface area contributed by atoms with Crippen LogP contribution in [-0.4, -0.2) is 165 Å². The molecule has 0 radical (unpaired) electrons. The summed E-state index contributed by atoms with van der Waals surface area (Å²) in [4.78, 5) is 14.0. The Bertz CT molecular complexity index is 1880. The highest BCUT2D eigenvalue weighted by molar-refractivity contribution is 5.88. The molecule has 21 heteroatoms. The topological polar surface area (TPSA) is 349 Å². The monoisotopic (exact) mass is 772 g/mol. The second-order valence-electron chi connectivity index (χ2n) is 13.2. The molecule has 3 aliphatic rings. The van der Waals surface area contributed by atoms with E-state index in [1.807, 2.05) is 0 Å². The van der Waals surface area contributed by atoms with Crippen LogP contribution in [-0.2, 0) is 18.9 Å². The van der Waals surface area contributed by atoms with E-state index in [4.69, 9.17) is 32.8 Å². The fourth-order valence-electron chi connectivity index (χ4n) is 6.22. The van der Waals surface area contributed by atoms with Crippen molar-refractivity contribution >= 4 is 11.0 Å². The van der Waals surface area contributed by atoms with Crippen molar-refractivity contribution in [2.75, 3.05) is 6.61 Å². The lowest BCUT2D eigenvalue weighted by Crippen LogP contribution is -2.61. The van der Waals surface area contributed by atoms with Gasteiger partial charge < -0.3 is 99.2 Å². The molecule has 3 saturated heterocycles. The smallest absolute Gasteiger partial charge is 0.239 e. The summed E-state index contributed by atoms with van der Waals surface area (Å²) in [6, 6.07) is 3.57. The summed E-state index contributed by atoms with van der Waals surface area (Å²) >= 11 is 0. The van der Waals surface area contributed by atoms with Crippen LogP contribution in [0, 0.1) is 0 Å². The molecule has 0 amide bonds. The lowest BCUT2D eigenvalue weighted by molar-refractivity contribution is -0.318. The molecule has 4 heterocycles. The normalized spacial score (nSPS) is 37.3. The molecule has 6 rings (SSSR count). The molecule has 2 aromatic carbocycles. The Hall–Kier alpha value is -4.07. The molecular formula is C33H40O21. The average molecular weight is 773 g/mol. The second-order valence-corrected chi connectivity index (χ2v) is 13.2. The molecule has 15 atom stereocenters. The summed E-state index contributed by atoms with van der Waals surface area (Å²) in [5.74, 6) is -5.28. The minimum absolute atomic E-state index is 0.333. The van der Waals surface area contributed by atoms with E-state index >= 15 is 0 Å². The summed E-state index contributed by atoms with van der Waals surface area (Å²) in [5, 5.41) is 135. The zero-order valence-electron chi connectivity index (χ0n) is 28.3. The predicted octanol–water partition coefficient (Wildman–Crippen LogP) is -3.48. The van der Waals surface area contributed by atoms with Crippen molar-refractivity contribution in [3.63, 3.8) is 0 Å². The molecule has 1 aromatic heterocycles. The van der Waals surface area contributed by atoms with Crippen LogP contribution >= 0.6 is 0 Å². The van der Waals surface area contributed by atoms with Crippen molar-refractivity contribution < 1.29 is 99.2 Å². The minimum Gasteiger partial charge on any atom is -0.508 e. The van der Waals surface area contributed by atoms with E-state index in [2.05, 4.69) is 0 Å². The van der Waals surface area contributed by atoms with Crippen LogP contribution in [0.4, 0.5) is 0 Å². The summed E-state index contributed by atoms with van der Waals surface area (Å²) in [7, 11) is 0. The lowest BCUT2D eigenvalue weighted by Gasteiger charge is -2.42. The van der Waals surface area contributed by atoms with E-state index in [1.165, 1.54) is 13.8 Å². The quantitative estimate of drug-likeness (QED) is 0.0989. The van der Waals surface area contributed by atoms with Gasteiger partial charge in [-0.3, -0.25) is 4.79 Å². The van der Waals surface area contributed by atoms with Crippen LogP contribution in [0.25, 0.3) is 22.3 Å². The molecule has 0 aliphatic carbocycles. The van der Waals surface area contributed by atoms with Crippen LogP contribution in [0.1, 0.15) is 13.8 Å². The average Bonchev–Trinajstić information content (AvgIpc) is 3.12. The van der Waals surface area contributed by atoms with E-state index in [0.717, 1.165) is 24.3 Å². The third-order valence-electron chi connectivity index (χ3n) is 9.42. The maximum Gasteiger partial charge on any atom is 0.239 e. The van der Waals surface area contributed by atoms with Crippen LogP contribution in [0.3, 0.4) is 0 Å². The largest absolute Gasteiger partial charge is 0.508 e. The van der Waals surface area contributed by atoms with Crippen molar-refractivity contribution in [1.29, 1.82) is 0 Å². The summed E-state index contributed by atoms with van der Waals surface area (Å²) < 4.78 is 39.0. The van der Waals surface area contributed by atoms with Gasteiger partial charge in [-0.15, -0.1) is 0 Å². The second kappa shape index (κ2) is 15.2. The Balaban J connectivity index is 1.36. The Kier molecular flexibility index (Phi) is 11.2. The summed E-state index contributed by atoms with van der Waals surface area (Å²) in [6.07, 6.45) is -24.9. The first-order chi connectivity index (χ1) is 25.4. The third kappa shape index (κ3) is 7.22. The standard InChI is InChI=1S/C33H40O21/c1-8-18(37)23(42)26(45)31(49-8)48-7-16-21(40)25(44)28(47)33(53-16)54-30-22(41)17-12(35)5-11(34)6-14(17)51-29(30)10-3-13(36)20(39)15(4-10)52-32-27(46)24(43)19(38)9(2)50-32/h3-6,8-9,16,18-19,21,23-28,31-40,42-47H,7H2,1-2H3. The molecule has 3 aliphatic heterocycles. The molecule has 0 saturated carbocycles. The molecule has 15 unspecified atom stereocenters. The third-order valence-corrected chi connectivity index (χ3v) is 9.42. The number of rotatable bonds is 8. The number of hydrogen-bond donors (Lipinski definition) is 13. The van der Waals surface area contributed by atoms with E-state index in [9.17, 15) is 71.2 Å². The van der Waals surface area contributed by atoms with Gasteiger partial charge in [-0.1, -0.05) is 0 Å². The number of aromatic hydroxyl groups is 4. The number of aliphatic hydroxyl groups is 9. The Labute approximate surface area is 303 Å². The molecule has 0 bridgehead atoms. The van der Waals surface area contributed by atoms with Gasteiger partial charge in [0.2, 0.25) is 29.5 Å². The molecule has 21 nitrogen and oxygen atoms in total. The Morgan fingerprint density at radius 3 is 1.80 bits per heavy atom. The van der Waals surface area contributed by atoms with E-state index in [1.54, 1.807) is 0 Å².